The van der Waals surface area contributed by atoms with E-state index in [4.69, 9.17) is 9.57 Å². The molecule has 1 fully saturated rings. The third-order valence-corrected chi connectivity index (χ3v) is 4.19. The number of methoxy groups -OCH3 is 1. The zero-order valence-electron chi connectivity index (χ0n) is 11.5. The highest BCUT2D eigenvalue weighted by atomic mass is 16.7. The van der Waals surface area contributed by atoms with Crippen LogP contribution in [0, 0.1) is 0 Å². The molecule has 3 heteroatoms. The predicted octanol–water partition coefficient (Wildman–Crippen LogP) is 3.50. The highest BCUT2D eigenvalue weighted by Crippen LogP contribution is 2.44. The first-order valence-electron chi connectivity index (χ1n) is 7.03. The van der Waals surface area contributed by atoms with Crippen LogP contribution in [0.15, 0.2) is 48.5 Å². The van der Waals surface area contributed by atoms with Crippen molar-refractivity contribution in [2.75, 3.05) is 12.2 Å². The molecule has 2 aromatic rings. The van der Waals surface area contributed by atoms with Gasteiger partial charge in [0.15, 0.2) is 0 Å². The van der Waals surface area contributed by atoms with Gasteiger partial charge in [-0.25, -0.2) is 5.06 Å². The summed E-state index contributed by atoms with van der Waals surface area (Å²) in [5.74, 6) is 0.901. The van der Waals surface area contributed by atoms with Gasteiger partial charge in [0.25, 0.3) is 0 Å². The van der Waals surface area contributed by atoms with Crippen molar-refractivity contribution in [3.05, 3.63) is 59.7 Å². The zero-order valence-corrected chi connectivity index (χ0v) is 11.5. The molecule has 0 N–H and O–H groups in total. The van der Waals surface area contributed by atoms with Gasteiger partial charge < -0.3 is 4.74 Å². The molecule has 2 heterocycles. The Balaban J connectivity index is 1.74. The van der Waals surface area contributed by atoms with Crippen LogP contribution in [0.3, 0.4) is 0 Å². The summed E-state index contributed by atoms with van der Waals surface area (Å²) in [6.45, 7) is 0. The van der Waals surface area contributed by atoms with Crippen LogP contribution in [0.4, 0.5) is 5.69 Å². The molecule has 0 spiro atoms. The molecule has 2 atom stereocenters. The number of rotatable bonds is 2. The molecule has 4 rings (SSSR count). The molecule has 1 saturated heterocycles. The van der Waals surface area contributed by atoms with Gasteiger partial charge in [0.1, 0.15) is 5.75 Å². The lowest BCUT2D eigenvalue weighted by atomic mass is 10.0. The molecule has 2 aromatic carbocycles. The van der Waals surface area contributed by atoms with Gasteiger partial charge in [-0.15, -0.1) is 0 Å². The van der Waals surface area contributed by atoms with Gasteiger partial charge in [0.2, 0.25) is 0 Å². The van der Waals surface area contributed by atoms with Crippen LogP contribution >= 0.6 is 0 Å². The Morgan fingerprint density at radius 1 is 1.15 bits per heavy atom. The number of ether oxygens (including phenoxy) is 1. The summed E-state index contributed by atoms with van der Waals surface area (Å²) < 4.78 is 5.34. The van der Waals surface area contributed by atoms with Crippen molar-refractivity contribution in [3.63, 3.8) is 0 Å². The van der Waals surface area contributed by atoms with Gasteiger partial charge in [-0.05, 0) is 29.3 Å². The first-order chi connectivity index (χ1) is 9.85. The summed E-state index contributed by atoms with van der Waals surface area (Å²) in [6, 6.07) is 17.1. The number of anilines is 1. The number of benzene rings is 2. The average Bonchev–Trinajstić information content (AvgIpc) is 2.85. The third-order valence-electron chi connectivity index (χ3n) is 4.19. The van der Waals surface area contributed by atoms with E-state index in [1.54, 1.807) is 7.11 Å². The maximum Gasteiger partial charge on any atom is 0.119 e. The Bertz CT molecular complexity index is 640. The summed E-state index contributed by atoms with van der Waals surface area (Å²) in [7, 11) is 1.71. The molecule has 2 aliphatic heterocycles. The smallest absolute Gasteiger partial charge is 0.119 e. The lowest BCUT2D eigenvalue weighted by Crippen LogP contribution is -2.27. The fourth-order valence-corrected chi connectivity index (χ4v) is 3.23. The van der Waals surface area contributed by atoms with Crippen LogP contribution in [-0.4, -0.2) is 13.2 Å². The summed E-state index contributed by atoms with van der Waals surface area (Å²) >= 11 is 0. The first kappa shape index (κ1) is 11.8. The van der Waals surface area contributed by atoms with Crippen LogP contribution < -0.4 is 9.80 Å². The summed E-state index contributed by atoms with van der Waals surface area (Å²) in [5, 5.41) is 2.08. The van der Waals surface area contributed by atoms with Crippen molar-refractivity contribution in [3.8, 4) is 5.75 Å². The molecular formula is C17H17NO2. The normalized spacial score (nSPS) is 23.6. The second-order valence-electron chi connectivity index (χ2n) is 5.41. The quantitative estimate of drug-likeness (QED) is 0.831. The third kappa shape index (κ3) is 1.78. The van der Waals surface area contributed by atoms with E-state index < -0.39 is 0 Å². The van der Waals surface area contributed by atoms with Gasteiger partial charge in [-0.1, -0.05) is 30.3 Å². The van der Waals surface area contributed by atoms with Crippen LogP contribution in [0.5, 0.6) is 5.75 Å². The molecule has 0 unspecified atom stereocenters. The lowest BCUT2D eigenvalue weighted by molar-refractivity contribution is 0.0734. The van der Waals surface area contributed by atoms with E-state index in [-0.39, 0.29) is 6.04 Å². The molecule has 0 amide bonds. The Hall–Kier alpha value is -2.00. The molecule has 0 aliphatic carbocycles. The van der Waals surface area contributed by atoms with Crippen LogP contribution in [0.2, 0.25) is 0 Å². The Morgan fingerprint density at radius 3 is 2.95 bits per heavy atom. The maximum absolute atomic E-state index is 6.06. The van der Waals surface area contributed by atoms with Crippen LogP contribution in [0.1, 0.15) is 23.6 Å². The Labute approximate surface area is 118 Å². The van der Waals surface area contributed by atoms with Gasteiger partial charge in [0, 0.05) is 12.8 Å². The van der Waals surface area contributed by atoms with E-state index in [2.05, 4.69) is 41.5 Å². The van der Waals surface area contributed by atoms with E-state index in [1.165, 1.54) is 16.8 Å². The van der Waals surface area contributed by atoms with Crippen LogP contribution in [-0.2, 0) is 11.3 Å². The summed E-state index contributed by atoms with van der Waals surface area (Å²) in [5.41, 5.74) is 3.84. The molecule has 2 bridgehead atoms. The van der Waals surface area contributed by atoms with Gasteiger partial charge >= 0.3 is 0 Å². The van der Waals surface area contributed by atoms with Crippen molar-refractivity contribution in [1.82, 2.24) is 0 Å². The van der Waals surface area contributed by atoms with Crippen LogP contribution in [0.25, 0.3) is 0 Å². The fraction of sp³-hybridized carbons (Fsp3) is 0.294. The number of fused-ring (bicyclic) bond motifs is 4. The summed E-state index contributed by atoms with van der Waals surface area (Å²) in [6.07, 6.45) is 2.33. The number of para-hydroxylation sites is 1. The minimum atomic E-state index is 0.277. The number of hydrogen-bond donors (Lipinski definition) is 0. The zero-order chi connectivity index (χ0) is 13.5. The van der Waals surface area contributed by atoms with E-state index in [0.29, 0.717) is 6.10 Å². The largest absolute Gasteiger partial charge is 0.497 e. The molecule has 0 radical (unpaired) electrons. The van der Waals surface area contributed by atoms with E-state index in [1.807, 2.05) is 12.1 Å². The fourth-order valence-electron chi connectivity index (χ4n) is 3.23. The van der Waals surface area contributed by atoms with E-state index >= 15 is 0 Å². The minimum absolute atomic E-state index is 0.277. The first-order valence-corrected chi connectivity index (χ1v) is 7.03. The molecule has 0 saturated carbocycles. The predicted molar refractivity (Wildman–Crippen MR) is 77.9 cm³/mol. The minimum Gasteiger partial charge on any atom is -0.497 e. The topological polar surface area (TPSA) is 21.7 Å². The second-order valence-corrected chi connectivity index (χ2v) is 5.41. The molecule has 3 nitrogen and oxygen atoms in total. The Morgan fingerprint density at radius 2 is 2.05 bits per heavy atom. The molecule has 0 aromatic heterocycles. The van der Waals surface area contributed by atoms with E-state index in [0.717, 1.165) is 18.6 Å². The van der Waals surface area contributed by atoms with Crippen molar-refractivity contribution in [2.24, 2.45) is 0 Å². The van der Waals surface area contributed by atoms with Crippen molar-refractivity contribution in [1.29, 1.82) is 0 Å². The number of hydroxylamine groups is 1. The Kier molecular flexibility index (Phi) is 2.67. The lowest BCUT2D eigenvalue weighted by Gasteiger charge is -2.30. The van der Waals surface area contributed by atoms with Crippen molar-refractivity contribution in [2.45, 2.75) is 25.0 Å². The van der Waals surface area contributed by atoms with Crippen molar-refractivity contribution >= 4 is 5.69 Å². The van der Waals surface area contributed by atoms with Crippen molar-refractivity contribution < 1.29 is 9.57 Å². The molecule has 2 aliphatic rings. The van der Waals surface area contributed by atoms with Gasteiger partial charge in [-0.2, -0.15) is 0 Å². The summed E-state index contributed by atoms with van der Waals surface area (Å²) in [4.78, 5) is 6.06. The molecule has 102 valence electrons. The monoisotopic (exact) mass is 267 g/mol. The second kappa shape index (κ2) is 4.53. The number of nitrogens with zero attached hydrogens (tertiary/aromatic N) is 1. The van der Waals surface area contributed by atoms with Gasteiger partial charge in [-0.3, -0.25) is 4.84 Å². The van der Waals surface area contributed by atoms with E-state index in [9.17, 15) is 0 Å². The standard InChI is InChI=1S/C17H17NO2/c1-19-14-7-4-6-13(9-14)17-11-15-10-12-5-2-3-8-16(12)18(17)20-15/h2-9,15,17H,10-11H2,1H3/t15-,17-/m0/s1. The average molecular weight is 267 g/mol. The highest BCUT2D eigenvalue weighted by molar-refractivity contribution is 5.56. The number of hydrogen-bond acceptors (Lipinski definition) is 3. The SMILES string of the molecule is COc1cccc([C@@H]2C[C@@H]3Cc4ccccc4N2O3)c1. The molecular weight excluding hydrogens is 250 g/mol. The van der Waals surface area contributed by atoms with Gasteiger partial charge in [0.05, 0.1) is 24.9 Å². The highest BCUT2D eigenvalue weighted by Gasteiger charge is 2.39. The maximum atomic E-state index is 6.06. The molecule has 20 heavy (non-hydrogen) atoms.